The predicted molar refractivity (Wildman–Crippen MR) is 87.7 cm³/mol. The molecule has 2 rings (SSSR count). The fourth-order valence-corrected chi connectivity index (χ4v) is 3.50. The van der Waals surface area contributed by atoms with Crippen LogP contribution >= 0.6 is 43.6 Å². The van der Waals surface area contributed by atoms with Crippen molar-refractivity contribution in [1.82, 2.24) is 0 Å². The number of thioether (sulfide) groups is 1. The van der Waals surface area contributed by atoms with Gasteiger partial charge in [0.15, 0.2) is 0 Å². The summed E-state index contributed by atoms with van der Waals surface area (Å²) in [5, 5.41) is 0. The molecule has 5 heteroatoms. The zero-order valence-electron chi connectivity index (χ0n) is 10.4. The van der Waals surface area contributed by atoms with E-state index in [-0.39, 0.29) is 18.0 Å². The molecule has 0 spiro atoms. The molecule has 0 unspecified atom stereocenters. The van der Waals surface area contributed by atoms with Crippen LogP contribution in [0.3, 0.4) is 0 Å². The molecule has 0 aliphatic heterocycles. The molecule has 0 bridgehead atoms. The van der Waals surface area contributed by atoms with Crippen LogP contribution in [0.1, 0.15) is 5.56 Å². The topological polar surface area (TPSA) is 17.1 Å². The number of hydrogen-bond donors (Lipinski definition) is 0. The average Bonchev–Trinajstić information content (AvgIpc) is 2.43. The van der Waals surface area contributed by atoms with Gasteiger partial charge < -0.3 is 0 Å². The Kier molecular flexibility index (Phi) is 5.81. The lowest BCUT2D eigenvalue weighted by molar-refractivity contribution is -0.116. The monoisotopic (exact) mass is 416 g/mol. The lowest BCUT2D eigenvalue weighted by Gasteiger charge is -2.06. The number of carbonyl (C=O) groups is 1. The highest BCUT2D eigenvalue weighted by atomic mass is 79.9. The van der Waals surface area contributed by atoms with E-state index in [9.17, 15) is 9.18 Å². The van der Waals surface area contributed by atoms with E-state index in [1.807, 2.05) is 24.3 Å². The first-order valence-electron chi connectivity index (χ1n) is 5.90. The van der Waals surface area contributed by atoms with E-state index in [2.05, 4.69) is 31.9 Å². The first kappa shape index (κ1) is 15.7. The Balaban J connectivity index is 1.96. The van der Waals surface area contributed by atoms with Crippen LogP contribution in [0.15, 0.2) is 56.3 Å². The summed E-state index contributed by atoms with van der Waals surface area (Å²) < 4.78 is 14.7. The number of ketones is 1. The van der Waals surface area contributed by atoms with Crippen molar-refractivity contribution in [2.75, 3.05) is 5.75 Å². The van der Waals surface area contributed by atoms with E-state index in [1.54, 1.807) is 12.1 Å². The van der Waals surface area contributed by atoms with Gasteiger partial charge in [-0.1, -0.05) is 24.3 Å². The van der Waals surface area contributed by atoms with Crippen LogP contribution < -0.4 is 0 Å². The Morgan fingerprint density at radius 2 is 1.85 bits per heavy atom. The Bertz CT molecular complexity index is 631. The van der Waals surface area contributed by atoms with Crippen molar-refractivity contribution in [3.8, 4) is 0 Å². The van der Waals surface area contributed by atoms with E-state index in [4.69, 9.17) is 0 Å². The van der Waals surface area contributed by atoms with Gasteiger partial charge in [0.25, 0.3) is 0 Å². The third-order valence-electron chi connectivity index (χ3n) is 2.64. The summed E-state index contributed by atoms with van der Waals surface area (Å²) in [5.74, 6) is 0.0942. The minimum atomic E-state index is -0.339. The third kappa shape index (κ3) is 4.17. The quantitative estimate of drug-likeness (QED) is 0.617. The molecule has 2 aromatic carbocycles. The summed E-state index contributed by atoms with van der Waals surface area (Å²) in [6, 6.07) is 12.5. The molecule has 0 heterocycles. The van der Waals surface area contributed by atoms with Crippen molar-refractivity contribution in [2.45, 2.75) is 11.3 Å². The summed E-state index contributed by atoms with van der Waals surface area (Å²) in [6.07, 6.45) is 0.232. The fourth-order valence-electron chi connectivity index (χ4n) is 1.67. The van der Waals surface area contributed by atoms with E-state index >= 15 is 0 Å². The van der Waals surface area contributed by atoms with Crippen LogP contribution in [0.4, 0.5) is 4.39 Å². The first-order valence-corrected chi connectivity index (χ1v) is 8.47. The average molecular weight is 418 g/mol. The first-order chi connectivity index (χ1) is 9.58. The summed E-state index contributed by atoms with van der Waals surface area (Å²) in [4.78, 5) is 13.0. The lowest BCUT2D eigenvalue weighted by atomic mass is 10.1. The van der Waals surface area contributed by atoms with Gasteiger partial charge in [0.05, 0.1) is 10.2 Å². The van der Waals surface area contributed by atoms with E-state index in [0.29, 0.717) is 15.8 Å². The number of halogens is 3. The molecule has 0 fully saturated rings. The second kappa shape index (κ2) is 7.38. The van der Waals surface area contributed by atoms with Crippen molar-refractivity contribution in [3.05, 3.63) is 62.8 Å². The smallest absolute Gasteiger partial charge is 0.147 e. The zero-order chi connectivity index (χ0) is 14.5. The Hall–Kier alpha value is -0.650. The Morgan fingerprint density at radius 1 is 1.10 bits per heavy atom. The van der Waals surface area contributed by atoms with Gasteiger partial charge in [-0.05, 0) is 55.6 Å². The highest BCUT2D eigenvalue weighted by Crippen LogP contribution is 2.27. The molecule has 0 aliphatic carbocycles. The molecule has 0 radical (unpaired) electrons. The summed E-state index contributed by atoms with van der Waals surface area (Å²) in [6.45, 7) is 0. The highest BCUT2D eigenvalue weighted by molar-refractivity contribution is 9.10. The van der Waals surface area contributed by atoms with Crippen LogP contribution in [0, 0.1) is 5.82 Å². The maximum absolute atomic E-state index is 13.4. The van der Waals surface area contributed by atoms with Gasteiger partial charge in [-0.25, -0.2) is 4.39 Å². The standard InChI is InChI=1S/C15H11Br2FOS/c16-12-5-1-2-7-14(12)20-9-11(19)8-10-4-3-6-13(18)15(10)17/h1-7H,8-9H2. The number of carbonyl (C=O) groups excluding carboxylic acids is 1. The highest BCUT2D eigenvalue weighted by Gasteiger charge is 2.11. The van der Waals surface area contributed by atoms with E-state index < -0.39 is 0 Å². The Labute approximate surface area is 138 Å². The molecule has 20 heavy (non-hydrogen) atoms. The molecule has 0 saturated carbocycles. The number of Topliss-reactive ketones (excluding diaryl/α,β-unsaturated/α-hetero) is 1. The number of benzene rings is 2. The SMILES string of the molecule is O=C(CSc1ccccc1Br)Cc1cccc(F)c1Br. The van der Waals surface area contributed by atoms with Gasteiger partial charge >= 0.3 is 0 Å². The maximum atomic E-state index is 13.4. The Morgan fingerprint density at radius 3 is 2.60 bits per heavy atom. The number of hydrogen-bond acceptors (Lipinski definition) is 2. The normalized spacial score (nSPS) is 10.6. The van der Waals surface area contributed by atoms with Gasteiger partial charge in [0.2, 0.25) is 0 Å². The van der Waals surface area contributed by atoms with Crippen molar-refractivity contribution >= 4 is 49.4 Å². The molecular weight excluding hydrogens is 407 g/mol. The minimum absolute atomic E-state index is 0.0667. The molecular formula is C15H11Br2FOS. The van der Waals surface area contributed by atoms with Crippen molar-refractivity contribution in [2.24, 2.45) is 0 Å². The van der Waals surface area contributed by atoms with Gasteiger partial charge in [-0.3, -0.25) is 4.79 Å². The van der Waals surface area contributed by atoms with Crippen molar-refractivity contribution in [3.63, 3.8) is 0 Å². The fraction of sp³-hybridized carbons (Fsp3) is 0.133. The van der Waals surface area contributed by atoms with Crippen molar-refractivity contribution in [1.29, 1.82) is 0 Å². The van der Waals surface area contributed by atoms with Crippen LogP contribution in [0.25, 0.3) is 0 Å². The molecule has 0 aliphatic rings. The predicted octanol–water partition coefficient (Wildman–Crippen LogP) is 5.25. The van der Waals surface area contributed by atoms with Crippen LogP contribution in [0.2, 0.25) is 0 Å². The molecule has 104 valence electrons. The lowest BCUT2D eigenvalue weighted by Crippen LogP contribution is -2.06. The van der Waals surface area contributed by atoms with Gasteiger partial charge in [-0.2, -0.15) is 0 Å². The second-order valence-electron chi connectivity index (χ2n) is 4.15. The van der Waals surface area contributed by atoms with Crippen LogP contribution in [0.5, 0.6) is 0 Å². The number of rotatable bonds is 5. The van der Waals surface area contributed by atoms with Crippen LogP contribution in [-0.4, -0.2) is 11.5 Å². The maximum Gasteiger partial charge on any atom is 0.147 e. The van der Waals surface area contributed by atoms with E-state index in [1.165, 1.54) is 17.8 Å². The molecule has 0 aromatic heterocycles. The zero-order valence-corrected chi connectivity index (χ0v) is 14.4. The van der Waals surface area contributed by atoms with Gasteiger partial charge in [-0.15, -0.1) is 11.8 Å². The summed E-state index contributed by atoms with van der Waals surface area (Å²) in [5.41, 5.74) is 0.683. The minimum Gasteiger partial charge on any atom is -0.298 e. The molecule has 0 N–H and O–H groups in total. The molecule has 0 atom stereocenters. The summed E-state index contributed by atoms with van der Waals surface area (Å²) in [7, 11) is 0. The molecule has 0 amide bonds. The third-order valence-corrected chi connectivity index (χ3v) is 5.62. The second-order valence-corrected chi connectivity index (χ2v) is 6.81. The summed E-state index contributed by atoms with van der Waals surface area (Å²) >= 11 is 8.10. The van der Waals surface area contributed by atoms with Crippen molar-refractivity contribution < 1.29 is 9.18 Å². The van der Waals surface area contributed by atoms with E-state index in [0.717, 1.165) is 9.37 Å². The van der Waals surface area contributed by atoms with Gasteiger partial charge in [0, 0.05) is 15.8 Å². The van der Waals surface area contributed by atoms with Crippen LogP contribution in [-0.2, 0) is 11.2 Å². The molecule has 1 nitrogen and oxygen atoms in total. The molecule has 0 saturated heterocycles. The molecule has 2 aromatic rings. The van der Waals surface area contributed by atoms with Gasteiger partial charge in [0.1, 0.15) is 11.6 Å². The largest absolute Gasteiger partial charge is 0.298 e.